The average Bonchev–Trinajstić information content (AvgIpc) is 3.70. The molecular formula is C25H23F2N3O5. The Kier molecular flexibility index (Phi) is 4.02. The van der Waals surface area contributed by atoms with Gasteiger partial charge < -0.3 is 24.3 Å². The first kappa shape index (κ1) is 21.0. The van der Waals surface area contributed by atoms with Gasteiger partial charge in [0, 0.05) is 29.3 Å². The third kappa shape index (κ3) is 2.60. The molecule has 35 heavy (non-hydrogen) atoms. The van der Waals surface area contributed by atoms with Crippen molar-refractivity contribution in [2.45, 2.75) is 50.7 Å². The molecule has 10 heteroatoms. The third-order valence-electron chi connectivity index (χ3n) is 8.65. The number of amides is 2. The summed E-state index contributed by atoms with van der Waals surface area (Å²) >= 11 is 0. The zero-order valence-electron chi connectivity index (χ0n) is 19.1. The summed E-state index contributed by atoms with van der Waals surface area (Å²) in [6, 6.07) is 2.39. The van der Waals surface area contributed by atoms with Gasteiger partial charge in [-0.25, -0.2) is 8.78 Å². The number of rotatable bonds is 4. The molecular weight excluding hydrogens is 460 g/mol. The molecule has 3 saturated carbocycles. The van der Waals surface area contributed by atoms with E-state index in [0.717, 1.165) is 25.0 Å². The number of nitrogens with one attached hydrogen (secondary N) is 1. The van der Waals surface area contributed by atoms with Crippen LogP contribution in [0.1, 0.15) is 52.2 Å². The van der Waals surface area contributed by atoms with Crippen molar-refractivity contribution in [3.8, 4) is 5.75 Å². The van der Waals surface area contributed by atoms with Gasteiger partial charge in [-0.15, -0.1) is 0 Å². The second kappa shape index (κ2) is 6.69. The van der Waals surface area contributed by atoms with Crippen molar-refractivity contribution < 1.29 is 27.8 Å². The number of fused-ring (bicyclic) bond motifs is 5. The molecule has 182 valence electrons. The van der Waals surface area contributed by atoms with Crippen LogP contribution in [0, 0.1) is 28.9 Å². The summed E-state index contributed by atoms with van der Waals surface area (Å²) in [6.45, 7) is 1.81. The maximum atomic E-state index is 14.2. The minimum absolute atomic E-state index is 0.0815. The third-order valence-corrected chi connectivity index (χ3v) is 8.65. The molecule has 5 aliphatic rings. The van der Waals surface area contributed by atoms with Crippen molar-refractivity contribution in [2.24, 2.45) is 17.3 Å². The topological polar surface area (TPSA) is 89.9 Å². The fourth-order valence-electron chi connectivity index (χ4n) is 6.96. The van der Waals surface area contributed by atoms with Gasteiger partial charge in [0.2, 0.25) is 5.43 Å². The molecule has 1 N–H and O–H groups in total. The van der Waals surface area contributed by atoms with Gasteiger partial charge in [-0.05, 0) is 37.7 Å². The number of carbonyl (C=O) groups excluding carboxylic acids is 2. The van der Waals surface area contributed by atoms with Crippen LogP contribution in [0.25, 0.3) is 0 Å². The van der Waals surface area contributed by atoms with E-state index in [1.807, 2.05) is 0 Å². The molecule has 2 amide bonds. The molecule has 0 radical (unpaired) electrons. The Bertz CT molecular complexity index is 1390. The number of benzene rings is 1. The molecule has 1 aromatic carbocycles. The van der Waals surface area contributed by atoms with Gasteiger partial charge in [0.1, 0.15) is 17.2 Å². The molecule has 4 fully saturated rings. The number of carbonyl (C=O) groups is 2. The van der Waals surface area contributed by atoms with Crippen LogP contribution in [-0.4, -0.2) is 46.8 Å². The Morgan fingerprint density at radius 3 is 2.86 bits per heavy atom. The molecule has 5 unspecified atom stereocenters. The van der Waals surface area contributed by atoms with E-state index in [-0.39, 0.29) is 52.6 Å². The van der Waals surface area contributed by atoms with E-state index in [2.05, 4.69) is 5.32 Å². The first-order valence-electron chi connectivity index (χ1n) is 11.8. The highest BCUT2D eigenvalue weighted by molar-refractivity contribution is 5.99. The maximum absolute atomic E-state index is 14.2. The number of aromatic nitrogens is 1. The van der Waals surface area contributed by atoms with Crippen molar-refractivity contribution in [3.05, 3.63) is 63.1 Å². The van der Waals surface area contributed by atoms with Crippen molar-refractivity contribution in [1.29, 1.82) is 0 Å². The van der Waals surface area contributed by atoms with Gasteiger partial charge in [0.05, 0.1) is 25.8 Å². The molecule has 3 aliphatic carbocycles. The summed E-state index contributed by atoms with van der Waals surface area (Å²) < 4.78 is 40.6. The molecule has 1 saturated heterocycles. The lowest BCUT2D eigenvalue weighted by molar-refractivity contribution is -0.174. The second-order valence-corrected chi connectivity index (χ2v) is 10.3. The average molecular weight is 483 g/mol. The highest BCUT2D eigenvalue weighted by Crippen LogP contribution is 2.81. The van der Waals surface area contributed by atoms with Crippen molar-refractivity contribution in [3.63, 3.8) is 0 Å². The largest absolute Gasteiger partial charge is 0.491 e. The van der Waals surface area contributed by atoms with E-state index >= 15 is 0 Å². The lowest BCUT2D eigenvalue weighted by Gasteiger charge is -2.53. The number of nitrogens with zero attached hydrogens (tertiary/aromatic N) is 2. The van der Waals surface area contributed by atoms with Gasteiger partial charge in [0.15, 0.2) is 17.7 Å². The van der Waals surface area contributed by atoms with Crippen LogP contribution in [0.5, 0.6) is 5.75 Å². The first-order chi connectivity index (χ1) is 16.8. The van der Waals surface area contributed by atoms with Gasteiger partial charge in [-0.1, -0.05) is 6.07 Å². The molecule has 7 rings (SSSR count). The van der Waals surface area contributed by atoms with Crippen molar-refractivity contribution in [1.82, 2.24) is 14.8 Å². The number of methoxy groups -OCH3 is 1. The molecule has 3 heterocycles. The molecule has 8 nitrogen and oxygen atoms in total. The van der Waals surface area contributed by atoms with Gasteiger partial charge >= 0.3 is 0 Å². The number of ether oxygens (including phenoxy) is 2. The molecule has 1 spiro atoms. The van der Waals surface area contributed by atoms with Crippen LogP contribution in [0.4, 0.5) is 8.78 Å². The minimum atomic E-state index is -0.832. The lowest BCUT2D eigenvalue weighted by Crippen LogP contribution is -2.65. The number of hydrogen-bond acceptors (Lipinski definition) is 5. The van der Waals surface area contributed by atoms with Crippen LogP contribution < -0.4 is 15.5 Å². The summed E-state index contributed by atoms with van der Waals surface area (Å²) in [7, 11) is 1.29. The molecule has 0 bridgehead atoms. The summed E-state index contributed by atoms with van der Waals surface area (Å²) in [5.41, 5.74) is -0.658. The Morgan fingerprint density at radius 2 is 2.11 bits per heavy atom. The van der Waals surface area contributed by atoms with Crippen LogP contribution in [0.15, 0.2) is 29.2 Å². The quantitative estimate of drug-likeness (QED) is 0.721. The highest BCUT2D eigenvalue weighted by Gasteiger charge is 2.85. The smallest absolute Gasteiger partial charge is 0.276 e. The number of pyridine rings is 1. The van der Waals surface area contributed by atoms with E-state index in [4.69, 9.17) is 9.47 Å². The van der Waals surface area contributed by atoms with Crippen LogP contribution >= 0.6 is 0 Å². The fraction of sp³-hybridized carbons (Fsp3) is 0.480. The van der Waals surface area contributed by atoms with E-state index in [1.165, 1.54) is 26.3 Å². The zero-order chi connectivity index (χ0) is 24.4. The summed E-state index contributed by atoms with van der Waals surface area (Å²) in [4.78, 5) is 41.7. The van der Waals surface area contributed by atoms with Gasteiger partial charge in [-0.2, -0.15) is 0 Å². The van der Waals surface area contributed by atoms with E-state index in [0.29, 0.717) is 11.8 Å². The fourth-order valence-corrected chi connectivity index (χ4v) is 6.96. The second-order valence-electron chi connectivity index (χ2n) is 10.3. The van der Waals surface area contributed by atoms with Crippen molar-refractivity contribution in [2.75, 3.05) is 7.11 Å². The summed E-state index contributed by atoms with van der Waals surface area (Å²) in [5, 5.41) is 2.59. The first-order valence-corrected chi connectivity index (χ1v) is 11.8. The molecule has 2 aliphatic heterocycles. The molecule has 2 aromatic rings. The Labute approximate surface area is 198 Å². The highest BCUT2D eigenvalue weighted by atomic mass is 19.1. The van der Waals surface area contributed by atoms with E-state index in [9.17, 15) is 23.2 Å². The Balaban J connectivity index is 1.23. The monoisotopic (exact) mass is 483 g/mol. The van der Waals surface area contributed by atoms with Gasteiger partial charge in [0.25, 0.3) is 11.8 Å². The lowest BCUT2D eigenvalue weighted by atomic mass is 9.73. The molecule has 1 aromatic heterocycles. The predicted octanol–water partition coefficient (Wildman–Crippen LogP) is 2.22. The summed E-state index contributed by atoms with van der Waals surface area (Å²) in [6.07, 6.45) is 3.14. The SMILES string of the molecule is COc1c2n(cc(C(=O)N[C@H](C)c3ccc(F)cc3F)c1=O)C[C@@H]1OC3CC34C3CC3C4N1C2=O. The Morgan fingerprint density at radius 1 is 1.31 bits per heavy atom. The zero-order valence-corrected chi connectivity index (χ0v) is 19.1. The normalized spacial score (nSPS) is 33.8. The van der Waals surface area contributed by atoms with Crippen molar-refractivity contribution >= 4 is 11.8 Å². The van der Waals surface area contributed by atoms with Gasteiger partial charge in [-0.3, -0.25) is 14.4 Å². The number of halogens is 2. The van der Waals surface area contributed by atoms with E-state index in [1.54, 1.807) is 9.47 Å². The maximum Gasteiger partial charge on any atom is 0.276 e. The van der Waals surface area contributed by atoms with Crippen LogP contribution in [-0.2, 0) is 11.3 Å². The number of hydrogen-bond donors (Lipinski definition) is 1. The standard InChI is InChI=1S/C25H23F2N3O5/c1-10(12-4-3-11(26)5-16(12)27)28-23(32)14-8-29-9-18-30(24(33)19(29)21(34-2)20(14)31)22-13-6-15(13)25(22)7-17(25)35-18/h3-5,8,10,13,15,17-18,22H,6-7,9H2,1-2H3,(H,28,32)/t10-,13?,15?,17?,18+,22?,25?/m1/s1. The Hall–Kier alpha value is -3.27. The predicted molar refractivity (Wildman–Crippen MR) is 117 cm³/mol. The van der Waals surface area contributed by atoms with Crippen LogP contribution in [0.2, 0.25) is 0 Å². The minimum Gasteiger partial charge on any atom is -0.491 e. The summed E-state index contributed by atoms with van der Waals surface area (Å²) in [5.74, 6) is -1.63. The molecule has 7 atom stereocenters. The van der Waals surface area contributed by atoms with Crippen LogP contribution in [0.3, 0.4) is 0 Å². The van der Waals surface area contributed by atoms with E-state index < -0.39 is 35.2 Å².